The van der Waals surface area contributed by atoms with E-state index in [1.54, 1.807) is 26.0 Å². The Hall–Kier alpha value is -2.66. The summed E-state index contributed by atoms with van der Waals surface area (Å²) in [6.45, 7) is 4.38. The highest BCUT2D eigenvalue weighted by Gasteiger charge is 2.57. The van der Waals surface area contributed by atoms with E-state index in [1.807, 2.05) is 11.9 Å². The van der Waals surface area contributed by atoms with Crippen LogP contribution in [0.1, 0.15) is 32.6 Å². The van der Waals surface area contributed by atoms with E-state index in [1.165, 1.54) is 0 Å². The van der Waals surface area contributed by atoms with Crippen molar-refractivity contribution in [3.63, 3.8) is 0 Å². The number of hydrogen-bond donors (Lipinski definition) is 4. The van der Waals surface area contributed by atoms with Crippen molar-refractivity contribution in [2.45, 2.75) is 45.1 Å². The molecule has 1 aliphatic rings. The molecule has 1 saturated heterocycles. The molecule has 4 atom stereocenters. The number of benzene rings is 1. The highest BCUT2D eigenvalue weighted by atomic mass is 19.2. The molecule has 1 aliphatic heterocycles. The summed E-state index contributed by atoms with van der Waals surface area (Å²) in [5.74, 6) is -4.04. The van der Waals surface area contributed by atoms with Crippen LogP contribution in [0.15, 0.2) is 27.9 Å². The van der Waals surface area contributed by atoms with Crippen LogP contribution in [0.4, 0.5) is 4.39 Å². The van der Waals surface area contributed by atoms with Crippen molar-refractivity contribution in [1.82, 2.24) is 9.55 Å². The first-order chi connectivity index (χ1) is 13.5. The van der Waals surface area contributed by atoms with Gasteiger partial charge in [-0.05, 0) is 31.9 Å². The van der Waals surface area contributed by atoms with Gasteiger partial charge in [0.05, 0.1) is 6.61 Å². The third-order valence-corrected chi connectivity index (χ3v) is 4.99. The van der Waals surface area contributed by atoms with E-state index in [9.17, 15) is 24.6 Å². The molecule has 1 aromatic carbocycles. The van der Waals surface area contributed by atoms with Crippen LogP contribution in [-0.4, -0.2) is 55.6 Å². The van der Waals surface area contributed by atoms with Gasteiger partial charge in [0.2, 0.25) is 5.78 Å². The number of carbonyl (C=O) groups is 1. The van der Waals surface area contributed by atoms with Gasteiger partial charge in [0, 0.05) is 11.8 Å². The van der Waals surface area contributed by atoms with Crippen LogP contribution in [0.3, 0.4) is 0 Å². The SMILES string of the molecule is Cc1cc(C)c(C(=O)c2cn([C@]3(F)O[C@H](CO)[C@@H](O)[C@H]3O)c(=O)[nH]c2=O)c(C)c1. The van der Waals surface area contributed by atoms with Crippen LogP contribution in [0, 0.1) is 20.8 Å². The van der Waals surface area contributed by atoms with Gasteiger partial charge in [-0.3, -0.25) is 14.6 Å². The number of aliphatic hydroxyl groups is 3. The maximum absolute atomic E-state index is 15.4. The fourth-order valence-corrected chi connectivity index (χ4v) is 3.64. The second-order valence-electron chi connectivity index (χ2n) is 7.16. The molecule has 3 rings (SSSR count). The van der Waals surface area contributed by atoms with E-state index in [2.05, 4.69) is 0 Å². The molecule has 0 bridgehead atoms. The standard InChI is InChI=1S/C19H21FN2O7/c1-8-4-9(2)13(10(3)5-8)14(24)11-6-22(18(28)21-17(11)27)19(20)16(26)15(25)12(7-23)29-19/h4-6,12,15-16,23,25-26H,7H2,1-3H3,(H,21,27,28)/t12-,15-,16-,19+/m1/s1. The summed E-state index contributed by atoms with van der Waals surface area (Å²) in [5, 5.41) is 29.0. The average Bonchev–Trinajstić information content (AvgIpc) is 2.85. The number of aliphatic hydroxyl groups excluding tert-OH is 3. The Bertz CT molecular complexity index is 1070. The van der Waals surface area contributed by atoms with Gasteiger partial charge in [0.25, 0.3) is 5.56 Å². The number of hydrogen-bond acceptors (Lipinski definition) is 7. The topological polar surface area (TPSA) is 142 Å². The van der Waals surface area contributed by atoms with Gasteiger partial charge in [0.1, 0.15) is 17.8 Å². The molecule has 2 aromatic rings. The number of rotatable bonds is 4. The summed E-state index contributed by atoms with van der Waals surface area (Å²) in [6.07, 6.45) is -4.93. The molecule has 156 valence electrons. The van der Waals surface area contributed by atoms with Crippen molar-refractivity contribution in [3.8, 4) is 0 Å². The number of nitrogens with zero attached hydrogens (tertiary/aromatic N) is 1. The minimum absolute atomic E-state index is 0.198. The summed E-state index contributed by atoms with van der Waals surface area (Å²) < 4.78 is 20.4. The molecule has 0 radical (unpaired) electrons. The Kier molecular flexibility index (Phi) is 5.30. The van der Waals surface area contributed by atoms with Crippen LogP contribution in [0.5, 0.6) is 0 Å². The number of aryl methyl sites for hydroxylation is 3. The Morgan fingerprint density at radius 2 is 1.83 bits per heavy atom. The lowest BCUT2D eigenvalue weighted by molar-refractivity contribution is -0.239. The number of H-pyrrole nitrogens is 1. The van der Waals surface area contributed by atoms with E-state index in [4.69, 9.17) is 9.84 Å². The van der Waals surface area contributed by atoms with Gasteiger partial charge in [-0.2, -0.15) is 4.39 Å². The first-order valence-corrected chi connectivity index (χ1v) is 8.84. The molecule has 2 heterocycles. The highest BCUT2D eigenvalue weighted by molar-refractivity contribution is 6.10. The summed E-state index contributed by atoms with van der Waals surface area (Å²) in [7, 11) is 0. The molecule has 10 heteroatoms. The average molecular weight is 408 g/mol. The number of aromatic nitrogens is 2. The number of aromatic amines is 1. The van der Waals surface area contributed by atoms with Gasteiger partial charge < -0.3 is 20.1 Å². The molecule has 29 heavy (non-hydrogen) atoms. The van der Waals surface area contributed by atoms with Crippen LogP contribution >= 0.6 is 0 Å². The first-order valence-electron chi connectivity index (χ1n) is 8.84. The zero-order valence-corrected chi connectivity index (χ0v) is 16.0. The third-order valence-electron chi connectivity index (χ3n) is 4.99. The predicted octanol–water partition coefficient (Wildman–Crippen LogP) is -0.614. The molecular weight excluding hydrogens is 387 g/mol. The zero-order valence-electron chi connectivity index (χ0n) is 16.0. The summed E-state index contributed by atoms with van der Waals surface area (Å²) in [5.41, 5.74) is -0.568. The molecule has 9 nitrogen and oxygen atoms in total. The second-order valence-corrected chi connectivity index (χ2v) is 7.16. The Morgan fingerprint density at radius 1 is 1.24 bits per heavy atom. The lowest BCUT2D eigenvalue weighted by Crippen LogP contribution is -2.49. The van der Waals surface area contributed by atoms with Crippen LogP contribution in [0.25, 0.3) is 0 Å². The lowest BCUT2D eigenvalue weighted by atomic mass is 9.94. The van der Waals surface area contributed by atoms with E-state index < -0.39 is 53.5 Å². The molecule has 0 amide bonds. The van der Waals surface area contributed by atoms with Gasteiger partial charge in [-0.25, -0.2) is 9.36 Å². The molecule has 0 unspecified atom stereocenters. The number of nitrogens with one attached hydrogen (secondary N) is 1. The molecular formula is C19H21FN2O7. The van der Waals surface area contributed by atoms with Gasteiger partial charge in [-0.15, -0.1) is 0 Å². The van der Waals surface area contributed by atoms with Gasteiger partial charge in [-0.1, -0.05) is 17.7 Å². The maximum Gasteiger partial charge on any atom is 0.332 e. The van der Waals surface area contributed by atoms with Gasteiger partial charge in [0.15, 0.2) is 6.10 Å². The normalized spacial score (nSPS) is 26.7. The van der Waals surface area contributed by atoms with Crippen LogP contribution in [0.2, 0.25) is 0 Å². The number of carbonyl (C=O) groups excluding carboxylic acids is 1. The van der Waals surface area contributed by atoms with Crippen molar-refractivity contribution in [2.24, 2.45) is 0 Å². The van der Waals surface area contributed by atoms with E-state index in [0.29, 0.717) is 17.3 Å². The molecule has 0 aliphatic carbocycles. The Morgan fingerprint density at radius 3 is 2.34 bits per heavy atom. The quantitative estimate of drug-likeness (QED) is 0.494. The largest absolute Gasteiger partial charge is 0.394 e. The zero-order chi connectivity index (χ0) is 21.7. The molecule has 4 N–H and O–H groups in total. The van der Waals surface area contributed by atoms with Crippen LogP contribution in [-0.2, 0) is 10.7 Å². The highest BCUT2D eigenvalue weighted by Crippen LogP contribution is 2.36. The van der Waals surface area contributed by atoms with Crippen molar-refractivity contribution < 1.29 is 29.2 Å². The predicted molar refractivity (Wildman–Crippen MR) is 98.5 cm³/mol. The maximum atomic E-state index is 15.4. The van der Waals surface area contributed by atoms with Crippen LogP contribution < -0.4 is 11.2 Å². The Balaban J connectivity index is 2.16. The summed E-state index contributed by atoms with van der Waals surface area (Å²) in [6, 6.07) is 3.49. The fourth-order valence-electron chi connectivity index (χ4n) is 3.64. The van der Waals surface area contributed by atoms with Crippen molar-refractivity contribution in [1.29, 1.82) is 0 Å². The smallest absolute Gasteiger partial charge is 0.332 e. The number of ketones is 1. The minimum Gasteiger partial charge on any atom is -0.394 e. The Labute approximate surface area is 164 Å². The number of ether oxygens (including phenoxy) is 1. The van der Waals surface area contributed by atoms with Gasteiger partial charge >= 0.3 is 11.7 Å². The summed E-state index contributed by atoms with van der Waals surface area (Å²) in [4.78, 5) is 39.3. The van der Waals surface area contributed by atoms with E-state index in [0.717, 1.165) is 5.56 Å². The van der Waals surface area contributed by atoms with E-state index in [-0.39, 0.29) is 10.1 Å². The fraction of sp³-hybridized carbons (Fsp3) is 0.421. The third kappa shape index (κ3) is 3.33. The minimum atomic E-state index is -3.29. The lowest BCUT2D eigenvalue weighted by Gasteiger charge is -2.25. The summed E-state index contributed by atoms with van der Waals surface area (Å²) >= 11 is 0. The monoisotopic (exact) mass is 408 g/mol. The first kappa shape index (κ1) is 21.1. The van der Waals surface area contributed by atoms with Crippen molar-refractivity contribution in [2.75, 3.05) is 6.61 Å². The number of halogens is 1. The van der Waals surface area contributed by atoms with Crippen molar-refractivity contribution in [3.05, 3.63) is 67.0 Å². The number of alkyl halides is 1. The molecule has 0 saturated carbocycles. The van der Waals surface area contributed by atoms with Crippen molar-refractivity contribution >= 4 is 5.78 Å². The second kappa shape index (κ2) is 7.30. The molecule has 1 fully saturated rings. The molecule has 0 spiro atoms. The van der Waals surface area contributed by atoms with E-state index >= 15 is 4.39 Å². The molecule has 1 aromatic heterocycles.